The highest BCUT2D eigenvalue weighted by atomic mass is 14.7. The highest BCUT2D eigenvalue weighted by Crippen LogP contribution is 2.34. The number of hydrogen-bond donors (Lipinski definition) is 2. The van der Waals surface area contributed by atoms with Gasteiger partial charge in [-0.2, -0.15) is 0 Å². The van der Waals surface area contributed by atoms with Gasteiger partial charge in [0.15, 0.2) is 0 Å². The number of aromatic nitrogens is 2. The first kappa shape index (κ1) is 15.3. The van der Waals surface area contributed by atoms with Crippen molar-refractivity contribution in [3.63, 3.8) is 0 Å². The summed E-state index contributed by atoms with van der Waals surface area (Å²) in [4.78, 5) is 6.54. The fourth-order valence-electron chi connectivity index (χ4n) is 4.16. The molecule has 0 saturated carbocycles. The summed E-state index contributed by atoms with van der Waals surface area (Å²) in [5.74, 6) is 0. The molecule has 0 saturated heterocycles. The summed E-state index contributed by atoms with van der Waals surface area (Å²) in [6.07, 6.45) is 3.98. The van der Waals surface area contributed by atoms with Gasteiger partial charge >= 0.3 is 0 Å². The van der Waals surface area contributed by atoms with Crippen LogP contribution in [0.5, 0.6) is 0 Å². The van der Waals surface area contributed by atoms with Crippen LogP contribution in [0.3, 0.4) is 0 Å². The summed E-state index contributed by atoms with van der Waals surface area (Å²) < 4.78 is 0. The molecule has 2 heterocycles. The van der Waals surface area contributed by atoms with Crippen molar-refractivity contribution in [2.75, 3.05) is 0 Å². The maximum atomic E-state index is 3.28. The van der Waals surface area contributed by atoms with Crippen LogP contribution in [0.2, 0.25) is 0 Å². The first-order valence-corrected chi connectivity index (χ1v) is 9.53. The molecule has 2 nitrogen and oxygen atoms in total. The van der Waals surface area contributed by atoms with Gasteiger partial charge in [-0.15, -0.1) is 0 Å². The van der Waals surface area contributed by atoms with Crippen molar-refractivity contribution in [2.24, 2.45) is 0 Å². The lowest BCUT2D eigenvalue weighted by molar-refractivity contribution is 1.48. The molecule has 0 bridgehead atoms. The zero-order valence-electron chi connectivity index (χ0n) is 15.2. The average Bonchev–Trinajstić information content (AvgIpc) is 3.41. The van der Waals surface area contributed by atoms with Crippen molar-refractivity contribution in [2.45, 2.75) is 0 Å². The van der Waals surface area contributed by atoms with Gasteiger partial charge in [-0.05, 0) is 86.3 Å². The van der Waals surface area contributed by atoms with Crippen LogP contribution in [0.25, 0.3) is 54.8 Å². The molecule has 4 aromatic carbocycles. The Labute approximate surface area is 162 Å². The van der Waals surface area contributed by atoms with Gasteiger partial charge in [0, 0.05) is 23.4 Å². The molecule has 28 heavy (non-hydrogen) atoms. The van der Waals surface area contributed by atoms with E-state index in [4.69, 9.17) is 0 Å². The van der Waals surface area contributed by atoms with Gasteiger partial charge in [0.2, 0.25) is 0 Å². The predicted octanol–water partition coefficient (Wildman–Crippen LogP) is 7.14. The second kappa shape index (κ2) is 5.86. The van der Waals surface area contributed by atoms with Crippen LogP contribution in [-0.2, 0) is 0 Å². The molecule has 0 unspecified atom stereocenters. The van der Waals surface area contributed by atoms with E-state index in [9.17, 15) is 0 Å². The minimum atomic E-state index is 1.17. The SMILES string of the molecule is c1cc(-c2ccc3[nH]ccc3c2)c2cc(-c3ccc4[nH]ccc4c3)ccc2c1. The third-order valence-electron chi connectivity index (χ3n) is 5.63. The number of H-pyrrole nitrogens is 2. The Morgan fingerprint density at radius 3 is 1.89 bits per heavy atom. The maximum absolute atomic E-state index is 3.28. The lowest BCUT2D eigenvalue weighted by Gasteiger charge is -2.10. The Balaban J connectivity index is 1.56. The fraction of sp³-hybridized carbons (Fsp3) is 0. The number of nitrogens with one attached hydrogen (secondary N) is 2. The number of benzene rings is 4. The molecule has 0 radical (unpaired) electrons. The Bertz CT molecular complexity index is 1470. The topological polar surface area (TPSA) is 31.6 Å². The zero-order chi connectivity index (χ0) is 18.5. The van der Waals surface area contributed by atoms with Gasteiger partial charge in [-0.25, -0.2) is 0 Å². The number of fused-ring (bicyclic) bond motifs is 3. The Morgan fingerprint density at radius 1 is 0.464 bits per heavy atom. The standard InChI is InChI=1S/C26H18N2/c1-2-17-4-5-19(18-6-8-25-21(14-18)10-12-27-25)16-24(17)23(3-1)20-7-9-26-22(15-20)11-13-28-26/h1-16,27-28H. The molecule has 0 atom stereocenters. The Hall–Kier alpha value is -3.78. The van der Waals surface area contributed by atoms with Gasteiger partial charge in [0.05, 0.1) is 0 Å². The Morgan fingerprint density at radius 2 is 1.11 bits per heavy atom. The van der Waals surface area contributed by atoms with E-state index in [0.717, 1.165) is 0 Å². The van der Waals surface area contributed by atoms with Crippen molar-refractivity contribution < 1.29 is 0 Å². The molecule has 0 fully saturated rings. The third kappa shape index (κ3) is 2.35. The molecule has 0 amide bonds. The number of aromatic amines is 2. The van der Waals surface area contributed by atoms with Gasteiger partial charge in [0.1, 0.15) is 0 Å². The van der Waals surface area contributed by atoms with E-state index in [2.05, 4.69) is 94.9 Å². The summed E-state index contributed by atoms with van der Waals surface area (Å²) >= 11 is 0. The van der Waals surface area contributed by atoms with Gasteiger partial charge in [-0.3, -0.25) is 0 Å². The molecule has 2 N–H and O–H groups in total. The molecule has 0 aliphatic rings. The van der Waals surface area contributed by atoms with Crippen LogP contribution in [0.1, 0.15) is 0 Å². The lowest BCUT2D eigenvalue weighted by atomic mass is 9.94. The third-order valence-corrected chi connectivity index (χ3v) is 5.63. The van der Waals surface area contributed by atoms with E-state index in [1.165, 1.54) is 54.8 Å². The molecule has 0 spiro atoms. The zero-order valence-corrected chi connectivity index (χ0v) is 15.2. The quantitative estimate of drug-likeness (QED) is 0.330. The van der Waals surface area contributed by atoms with Crippen molar-refractivity contribution >= 4 is 32.6 Å². The Kier molecular flexibility index (Phi) is 3.20. The maximum Gasteiger partial charge on any atom is 0.0454 e. The van der Waals surface area contributed by atoms with E-state index < -0.39 is 0 Å². The molecular formula is C26H18N2. The van der Waals surface area contributed by atoms with Crippen LogP contribution >= 0.6 is 0 Å². The van der Waals surface area contributed by atoms with E-state index in [1.807, 2.05) is 12.4 Å². The molecule has 2 aromatic heterocycles. The summed E-state index contributed by atoms with van der Waals surface area (Å²) in [5.41, 5.74) is 7.34. The minimum Gasteiger partial charge on any atom is -0.361 e. The van der Waals surface area contributed by atoms with E-state index in [1.54, 1.807) is 0 Å². The van der Waals surface area contributed by atoms with Crippen LogP contribution in [0.4, 0.5) is 0 Å². The highest BCUT2D eigenvalue weighted by Gasteiger charge is 2.08. The summed E-state index contributed by atoms with van der Waals surface area (Å²) in [6.45, 7) is 0. The number of rotatable bonds is 2. The molecule has 0 aliphatic carbocycles. The lowest BCUT2D eigenvalue weighted by Crippen LogP contribution is -1.84. The molecule has 0 aliphatic heterocycles. The highest BCUT2D eigenvalue weighted by molar-refractivity contribution is 6.01. The first-order valence-electron chi connectivity index (χ1n) is 9.53. The van der Waals surface area contributed by atoms with Crippen LogP contribution < -0.4 is 0 Å². The normalized spacial score (nSPS) is 11.6. The van der Waals surface area contributed by atoms with Crippen molar-refractivity contribution in [1.82, 2.24) is 9.97 Å². The predicted molar refractivity (Wildman–Crippen MR) is 119 cm³/mol. The van der Waals surface area contributed by atoms with E-state index >= 15 is 0 Å². The van der Waals surface area contributed by atoms with E-state index in [0.29, 0.717) is 0 Å². The molecule has 2 heteroatoms. The van der Waals surface area contributed by atoms with Crippen LogP contribution in [0, 0.1) is 0 Å². The van der Waals surface area contributed by atoms with Crippen molar-refractivity contribution in [1.29, 1.82) is 0 Å². The molecule has 6 aromatic rings. The summed E-state index contributed by atoms with van der Waals surface area (Å²) in [7, 11) is 0. The smallest absolute Gasteiger partial charge is 0.0454 e. The van der Waals surface area contributed by atoms with Gasteiger partial charge in [0.25, 0.3) is 0 Å². The average molecular weight is 358 g/mol. The largest absolute Gasteiger partial charge is 0.361 e. The molecule has 6 rings (SSSR count). The summed E-state index contributed by atoms with van der Waals surface area (Å²) in [5, 5.41) is 5.02. The van der Waals surface area contributed by atoms with E-state index in [-0.39, 0.29) is 0 Å². The van der Waals surface area contributed by atoms with Gasteiger partial charge in [-0.1, -0.05) is 42.5 Å². The van der Waals surface area contributed by atoms with Crippen molar-refractivity contribution in [3.8, 4) is 22.3 Å². The fourth-order valence-corrected chi connectivity index (χ4v) is 4.16. The first-order chi connectivity index (χ1) is 13.8. The van der Waals surface area contributed by atoms with Crippen molar-refractivity contribution in [3.05, 3.63) is 97.3 Å². The molecule has 132 valence electrons. The monoisotopic (exact) mass is 358 g/mol. The second-order valence-corrected chi connectivity index (χ2v) is 7.30. The van der Waals surface area contributed by atoms with Crippen LogP contribution in [-0.4, -0.2) is 9.97 Å². The summed E-state index contributed by atoms with van der Waals surface area (Å²) in [6, 6.07) is 30.8. The minimum absolute atomic E-state index is 1.17. The van der Waals surface area contributed by atoms with Gasteiger partial charge < -0.3 is 9.97 Å². The molecular weight excluding hydrogens is 340 g/mol. The number of hydrogen-bond acceptors (Lipinski definition) is 0. The van der Waals surface area contributed by atoms with Crippen LogP contribution in [0.15, 0.2) is 97.3 Å². The second-order valence-electron chi connectivity index (χ2n) is 7.30.